The first-order valence-corrected chi connectivity index (χ1v) is 11.4. The van der Waals surface area contributed by atoms with Crippen molar-refractivity contribution in [1.29, 1.82) is 0 Å². The Morgan fingerprint density at radius 1 is 0.700 bits per heavy atom. The molecule has 1 aromatic carbocycles. The zero-order chi connectivity index (χ0) is 22.5. The number of benzene rings is 1. The molecule has 1 aromatic rings. The van der Waals surface area contributed by atoms with E-state index in [-0.39, 0.29) is 31.3 Å². The van der Waals surface area contributed by atoms with Crippen LogP contribution < -0.4 is 0 Å². The van der Waals surface area contributed by atoms with Crippen LogP contribution in [0, 0.1) is 6.92 Å². The Morgan fingerprint density at radius 3 is 1.60 bits per heavy atom. The summed E-state index contributed by atoms with van der Waals surface area (Å²) in [6, 6.07) is 6.53. The van der Waals surface area contributed by atoms with E-state index >= 15 is 0 Å². The lowest BCUT2D eigenvalue weighted by molar-refractivity contribution is 0.0222. The highest BCUT2D eigenvalue weighted by Gasteiger charge is 2.14. The second-order valence-electron chi connectivity index (χ2n) is 5.99. The van der Waals surface area contributed by atoms with Crippen LogP contribution in [0.1, 0.15) is 18.9 Å². The number of rotatable bonds is 17. The summed E-state index contributed by atoms with van der Waals surface area (Å²) < 4.78 is 48.7. The molecule has 1 rings (SSSR count). The van der Waals surface area contributed by atoms with Gasteiger partial charge in [0.15, 0.2) is 0 Å². The highest BCUT2D eigenvalue weighted by atomic mass is 32.2. The molecular weight excluding hydrogens is 416 g/mol. The van der Waals surface area contributed by atoms with E-state index in [1.54, 1.807) is 12.1 Å². The maximum atomic E-state index is 11.8. The van der Waals surface area contributed by atoms with Gasteiger partial charge in [0.25, 0.3) is 10.1 Å². The molecule has 0 spiro atoms. The van der Waals surface area contributed by atoms with Gasteiger partial charge in [-0.1, -0.05) is 24.6 Å². The van der Waals surface area contributed by atoms with Gasteiger partial charge >= 0.3 is 0 Å². The van der Waals surface area contributed by atoms with Crippen molar-refractivity contribution in [3.05, 3.63) is 29.8 Å². The van der Waals surface area contributed by atoms with Gasteiger partial charge in [0, 0.05) is 6.61 Å². The van der Waals surface area contributed by atoms with E-state index < -0.39 is 10.1 Å². The molecule has 0 saturated carbocycles. The van der Waals surface area contributed by atoms with Crippen molar-refractivity contribution in [2.45, 2.75) is 25.2 Å². The minimum Gasteiger partial charge on any atom is -0.394 e. The van der Waals surface area contributed by atoms with Gasteiger partial charge in [-0.05, 0) is 25.5 Å². The van der Waals surface area contributed by atoms with Gasteiger partial charge in [0.2, 0.25) is 0 Å². The number of hydrogen-bond donors (Lipinski definition) is 2. The fraction of sp³-hybridized carbons (Fsp3) is 0.700. The van der Waals surface area contributed by atoms with E-state index in [2.05, 4.69) is 0 Å². The molecule has 0 aliphatic rings. The number of aryl methyl sites for hydroxylation is 1. The molecule has 176 valence electrons. The van der Waals surface area contributed by atoms with Crippen molar-refractivity contribution < 1.29 is 41.8 Å². The van der Waals surface area contributed by atoms with Crippen LogP contribution in [0.5, 0.6) is 0 Å². The van der Waals surface area contributed by atoms with Gasteiger partial charge in [-0.25, -0.2) is 0 Å². The van der Waals surface area contributed by atoms with Crippen molar-refractivity contribution in [2.24, 2.45) is 0 Å². The third kappa shape index (κ3) is 16.7. The SMILES string of the molecule is CCCOCCOCCOS(=O)(=O)c1ccc(C)cc1.OCCOCCOCCO. The summed E-state index contributed by atoms with van der Waals surface area (Å²) in [5, 5.41) is 16.5. The van der Waals surface area contributed by atoms with Crippen LogP contribution in [-0.2, 0) is 33.2 Å². The first-order valence-electron chi connectivity index (χ1n) is 9.96. The van der Waals surface area contributed by atoms with Crippen molar-refractivity contribution in [2.75, 3.05) is 72.7 Å². The largest absolute Gasteiger partial charge is 0.394 e. The molecule has 30 heavy (non-hydrogen) atoms. The van der Waals surface area contributed by atoms with Crippen LogP contribution >= 0.6 is 0 Å². The molecule has 0 aliphatic carbocycles. The number of aliphatic hydroxyl groups is 2. The van der Waals surface area contributed by atoms with Gasteiger partial charge in [0.1, 0.15) is 0 Å². The first kappa shape index (κ1) is 28.9. The van der Waals surface area contributed by atoms with Crippen LogP contribution in [0.2, 0.25) is 0 Å². The van der Waals surface area contributed by atoms with E-state index in [4.69, 9.17) is 33.3 Å². The molecule has 0 saturated heterocycles. The minimum atomic E-state index is -3.69. The smallest absolute Gasteiger partial charge is 0.297 e. The molecule has 0 bridgehead atoms. The number of ether oxygens (including phenoxy) is 4. The normalized spacial score (nSPS) is 11.2. The van der Waals surface area contributed by atoms with Gasteiger partial charge in [-0.3, -0.25) is 4.18 Å². The van der Waals surface area contributed by atoms with Crippen molar-refractivity contribution in [3.8, 4) is 0 Å². The van der Waals surface area contributed by atoms with E-state index in [1.807, 2.05) is 13.8 Å². The average molecular weight is 453 g/mol. The molecule has 0 amide bonds. The molecule has 9 nitrogen and oxygen atoms in total. The lowest BCUT2D eigenvalue weighted by atomic mass is 10.2. The fourth-order valence-electron chi connectivity index (χ4n) is 1.89. The summed E-state index contributed by atoms with van der Waals surface area (Å²) in [4.78, 5) is 0.161. The summed E-state index contributed by atoms with van der Waals surface area (Å²) in [5.41, 5.74) is 0.999. The van der Waals surface area contributed by atoms with E-state index in [1.165, 1.54) is 12.1 Å². The quantitative estimate of drug-likeness (QED) is 0.265. The Bertz CT molecular complexity index is 583. The standard InChI is InChI=1S/C14H22O5S.C6H14O4/c1-3-8-17-9-10-18-11-12-19-20(15,16)14-6-4-13(2)5-7-14;7-1-3-9-5-6-10-4-2-8/h4-7H,3,8-12H2,1-2H3;7-8H,1-6H2. The maximum absolute atomic E-state index is 11.8. The molecule has 10 heteroatoms. The number of hydrogen-bond acceptors (Lipinski definition) is 9. The van der Waals surface area contributed by atoms with Crippen molar-refractivity contribution in [1.82, 2.24) is 0 Å². The molecular formula is C20H36O9S. The van der Waals surface area contributed by atoms with E-state index in [9.17, 15) is 8.42 Å². The van der Waals surface area contributed by atoms with Crippen LogP contribution in [0.3, 0.4) is 0 Å². The van der Waals surface area contributed by atoms with Crippen molar-refractivity contribution in [3.63, 3.8) is 0 Å². The summed E-state index contributed by atoms with van der Waals surface area (Å²) in [5.74, 6) is 0. The van der Waals surface area contributed by atoms with Gasteiger partial charge in [0.05, 0.1) is 71.0 Å². The second kappa shape index (κ2) is 19.8. The van der Waals surface area contributed by atoms with Crippen LogP contribution in [0.4, 0.5) is 0 Å². The summed E-state index contributed by atoms with van der Waals surface area (Å²) in [7, 11) is -3.69. The monoisotopic (exact) mass is 452 g/mol. The molecule has 0 unspecified atom stereocenters. The van der Waals surface area contributed by atoms with Gasteiger partial charge in [-0.15, -0.1) is 0 Å². The topological polar surface area (TPSA) is 121 Å². The lowest BCUT2D eigenvalue weighted by Crippen LogP contribution is -2.13. The first-order chi connectivity index (χ1) is 14.5. The molecule has 0 radical (unpaired) electrons. The zero-order valence-corrected chi connectivity index (χ0v) is 18.8. The molecule has 2 N–H and O–H groups in total. The van der Waals surface area contributed by atoms with E-state index in [0.29, 0.717) is 46.2 Å². The summed E-state index contributed by atoms with van der Waals surface area (Å²) >= 11 is 0. The third-order valence-electron chi connectivity index (χ3n) is 3.34. The van der Waals surface area contributed by atoms with Crippen LogP contribution in [0.25, 0.3) is 0 Å². The summed E-state index contributed by atoms with van der Waals surface area (Å²) in [6.45, 7) is 7.54. The maximum Gasteiger partial charge on any atom is 0.297 e. The van der Waals surface area contributed by atoms with Gasteiger partial charge in [-0.2, -0.15) is 8.42 Å². The van der Waals surface area contributed by atoms with Crippen molar-refractivity contribution >= 4 is 10.1 Å². The zero-order valence-electron chi connectivity index (χ0n) is 18.0. The minimum absolute atomic E-state index is 0.00396. The fourth-order valence-corrected chi connectivity index (χ4v) is 2.79. The molecule has 0 aliphatic heterocycles. The second-order valence-corrected chi connectivity index (χ2v) is 7.60. The third-order valence-corrected chi connectivity index (χ3v) is 4.67. The summed E-state index contributed by atoms with van der Waals surface area (Å²) in [6.07, 6.45) is 0.970. The Morgan fingerprint density at radius 2 is 1.13 bits per heavy atom. The number of aliphatic hydroxyl groups excluding tert-OH is 2. The molecule has 0 atom stereocenters. The lowest BCUT2D eigenvalue weighted by Gasteiger charge is -2.07. The Balaban J connectivity index is 0.000000710. The highest BCUT2D eigenvalue weighted by molar-refractivity contribution is 7.86. The predicted octanol–water partition coefficient (Wildman–Crippen LogP) is 1.15. The van der Waals surface area contributed by atoms with Gasteiger partial charge < -0.3 is 29.2 Å². The van der Waals surface area contributed by atoms with Crippen LogP contribution in [-0.4, -0.2) is 91.3 Å². The Kier molecular flexibility index (Phi) is 19.1. The molecule has 0 aromatic heterocycles. The molecule has 0 fully saturated rings. The predicted molar refractivity (Wildman–Crippen MR) is 112 cm³/mol. The molecule has 0 heterocycles. The van der Waals surface area contributed by atoms with E-state index in [0.717, 1.165) is 12.0 Å². The Hall–Kier alpha value is -1.11. The average Bonchev–Trinajstić information content (AvgIpc) is 2.73. The Labute approximate surface area is 180 Å². The highest BCUT2D eigenvalue weighted by Crippen LogP contribution is 2.12. The van der Waals surface area contributed by atoms with Crippen LogP contribution in [0.15, 0.2) is 29.2 Å².